The lowest BCUT2D eigenvalue weighted by Crippen LogP contribution is -2.45. The number of nitrogens with zero attached hydrogens (tertiary/aromatic N) is 1. The third-order valence-electron chi connectivity index (χ3n) is 3.77. The Morgan fingerprint density at radius 3 is 2.85 bits per heavy atom. The molecule has 0 aliphatic heterocycles. The first kappa shape index (κ1) is 15.0. The van der Waals surface area contributed by atoms with Gasteiger partial charge in [-0.15, -0.1) is 0 Å². The minimum absolute atomic E-state index is 0.0421. The van der Waals surface area contributed by atoms with Gasteiger partial charge in [0.1, 0.15) is 0 Å². The van der Waals surface area contributed by atoms with Gasteiger partial charge in [-0.2, -0.15) is 0 Å². The van der Waals surface area contributed by atoms with Crippen LogP contribution in [0.2, 0.25) is 0 Å². The summed E-state index contributed by atoms with van der Waals surface area (Å²) in [4.78, 5) is 14.1. The third-order valence-corrected chi connectivity index (χ3v) is 3.77. The van der Waals surface area contributed by atoms with Gasteiger partial charge >= 0.3 is 0 Å². The Morgan fingerprint density at radius 2 is 2.25 bits per heavy atom. The predicted molar refractivity (Wildman–Crippen MR) is 79.3 cm³/mol. The van der Waals surface area contributed by atoms with E-state index in [0.717, 1.165) is 24.1 Å². The van der Waals surface area contributed by atoms with Crippen molar-refractivity contribution in [3.8, 4) is 0 Å². The quantitative estimate of drug-likeness (QED) is 0.693. The summed E-state index contributed by atoms with van der Waals surface area (Å²) in [5.41, 5.74) is 7.35. The normalized spacial score (nSPS) is 15.2. The fourth-order valence-electron chi connectivity index (χ4n) is 2.43. The van der Waals surface area contributed by atoms with Crippen molar-refractivity contribution in [3.05, 3.63) is 29.8 Å². The molecule has 110 valence electrons. The van der Waals surface area contributed by atoms with Crippen LogP contribution in [0.25, 0.3) is 0 Å². The van der Waals surface area contributed by atoms with Crippen LogP contribution >= 0.6 is 0 Å². The number of hydrogen-bond acceptors (Lipinski definition) is 4. The number of aliphatic hydroxyl groups excluding tert-OH is 1. The molecule has 0 heterocycles. The number of rotatable bonds is 7. The number of aliphatic hydroxyl groups is 1. The Bertz CT molecular complexity index is 446. The number of benzene rings is 1. The van der Waals surface area contributed by atoms with Crippen LogP contribution in [0, 0.1) is 0 Å². The molecule has 0 saturated heterocycles. The first-order valence-electron chi connectivity index (χ1n) is 7.16. The van der Waals surface area contributed by atoms with E-state index < -0.39 is 0 Å². The minimum Gasteiger partial charge on any atom is -0.395 e. The van der Waals surface area contributed by atoms with E-state index in [9.17, 15) is 4.79 Å². The maximum Gasteiger partial charge on any atom is 0.238 e. The lowest BCUT2D eigenvalue weighted by molar-refractivity contribution is -0.118. The Hall–Kier alpha value is -1.43. The molecular formula is C15H23N3O2. The van der Waals surface area contributed by atoms with Gasteiger partial charge in [0, 0.05) is 24.8 Å². The van der Waals surface area contributed by atoms with Crippen molar-refractivity contribution in [1.82, 2.24) is 4.90 Å². The zero-order chi connectivity index (χ0) is 14.4. The maximum absolute atomic E-state index is 12.1. The lowest BCUT2D eigenvalue weighted by atomic mass is 9.91. The van der Waals surface area contributed by atoms with Gasteiger partial charge in [0.05, 0.1) is 13.2 Å². The van der Waals surface area contributed by atoms with E-state index >= 15 is 0 Å². The minimum atomic E-state index is -0.0421. The van der Waals surface area contributed by atoms with Gasteiger partial charge in [0.2, 0.25) is 5.91 Å². The Kier molecular flexibility index (Phi) is 5.52. The van der Waals surface area contributed by atoms with E-state index in [1.807, 2.05) is 24.3 Å². The summed E-state index contributed by atoms with van der Waals surface area (Å²) in [6.45, 7) is 1.44. The van der Waals surface area contributed by atoms with Crippen LogP contribution < -0.4 is 11.1 Å². The summed E-state index contributed by atoms with van der Waals surface area (Å²) in [7, 11) is 0. The van der Waals surface area contributed by atoms with Crippen LogP contribution in [0.1, 0.15) is 24.8 Å². The zero-order valence-electron chi connectivity index (χ0n) is 11.7. The average molecular weight is 277 g/mol. The molecule has 0 aromatic heterocycles. The number of hydrogen-bond donors (Lipinski definition) is 3. The van der Waals surface area contributed by atoms with Gasteiger partial charge in [0.25, 0.3) is 0 Å². The second kappa shape index (κ2) is 7.38. The average Bonchev–Trinajstić information content (AvgIpc) is 2.37. The second-order valence-corrected chi connectivity index (χ2v) is 5.23. The highest BCUT2D eigenvalue weighted by Gasteiger charge is 2.25. The molecule has 0 spiro atoms. The molecule has 1 aromatic carbocycles. The molecule has 0 radical (unpaired) electrons. The van der Waals surface area contributed by atoms with Crippen molar-refractivity contribution in [1.29, 1.82) is 0 Å². The molecule has 1 saturated carbocycles. The SMILES string of the molecule is NCc1cccc(NC(=O)CN(CCO)C2CCC2)c1. The van der Waals surface area contributed by atoms with E-state index in [1.54, 1.807) is 0 Å². The fourth-order valence-corrected chi connectivity index (χ4v) is 2.43. The summed E-state index contributed by atoms with van der Waals surface area (Å²) in [5, 5.41) is 12.0. The number of amides is 1. The molecule has 1 aliphatic rings. The Balaban J connectivity index is 1.89. The summed E-state index contributed by atoms with van der Waals surface area (Å²) < 4.78 is 0. The standard InChI is InChI=1S/C15H23N3O2/c16-10-12-3-1-4-13(9-12)17-15(20)11-18(7-8-19)14-5-2-6-14/h1,3-4,9,14,19H,2,5-8,10-11,16H2,(H,17,20). The second-order valence-electron chi connectivity index (χ2n) is 5.23. The molecule has 20 heavy (non-hydrogen) atoms. The number of carbonyl (C=O) groups is 1. The van der Waals surface area contributed by atoms with Gasteiger partial charge in [-0.1, -0.05) is 18.6 Å². The van der Waals surface area contributed by atoms with Gasteiger partial charge < -0.3 is 16.2 Å². The fraction of sp³-hybridized carbons (Fsp3) is 0.533. The third kappa shape index (κ3) is 4.03. The van der Waals surface area contributed by atoms with Crippen molar-refractivity contribution < 1.29 is 9.90 Å². The van der Waals surface area contributed by atoms with Crippen molar-refractivity contribution in [2.45, 2.75) is 31.8 Å². The topological polar surface area (TPSA) is 78.6 Å². The van der Waals surface area contributed by atoms with E-state index in [4.69, 9.17) is 10.8 Å². The van der Waals surface area contributed by atoms with Crippen molar-refractivity contribution in [3.63, 3.8) is 0 Å². The maximum atomic E-state index is 12.1. The predicted octanol–water partition coefficient (Wildman–Crippen LogP) is 0.931. The Morgan fingerprint density at radius 1 is 1.45 bits per heavy atom. The van der Waals surface area contributed by atoms with Crippen molar-refractivity contribution in [2.24, 2.45) is 5.73 Å². The molecule has 0 bridgehead atoms. The van der Waals surface area contributed by atoms with Crippen LogP contribution in [-0.2, 0) is 11.3 Å². The van der Waals surface area contributed by atoms with E-state index in [0.29, 0.717) is 25.7 Å². The summed E-state index contributed by atoms with van der Waals surface area (Å²) in [6.07, 6.45) is 3.46. The van der Waals surface area contributed by atoms with Crippen LogP contribution in [0.4, 0.5) is 5.69 Å². The molecule has 0 unspecified atom stereocenters. The summed E-state index contributed by atoms with van der Waals surface area (Å²) in [5.74, 6) is -0.0421. The summed E-state index contributed by atoms with van der Waals surface area (Å²) >= 11 is 0. The molecule has 5 nitrogen and oxygen atoms in total. The highest BCUT2D eigenvalue weighted by Crippen LogP contribution is 2.24. The number of nitrogens with two attached hydrogens (primary N) is 1. The molecular weight excluding hydrogens is 254 g/mol. The van der Waals surface area contributed by atoms with Gasteiger partial charge in [-0.05, 0) is 30.5 Å². The highest BCUT2D eigenvalue weighted by atomic mass is 16.3. The number of anilines is 1. The molecule has 4 N–H and O–H groups in total. The molecule has 5 heteroatoms. The van der Waals surface area contributed by atoms with Crippen molar-refractivity contribution >= 4 is 11.6 Å². The Labute approximate surface area is 119 Å². The van der Waals surface area contributed by atoms with E-state index in [2.05, 4.69) is 10.2 Å². The summed E-state index contributed by atoms with van der Waals surface area (Å²) in [6, 6.07) is 8.01. The van der Waals surface area contributed by atoms with Crippen molar-refractivity contribution in [2.75, 3.05) is 25.0 Å². The smallest absolute Gasteiger partial charge is 0.238 e. The largest absolute Gasteiger partial charge is 0.395 e. The first-order chi connectivity index (χ1) is 9.72. The van der Waals surface area contributed by atoms with Crippen LogP contribution in [-0.4, -0.2) is 41.7 Å². The first-order valence-corrected chi connectivity index (χ1v) is 7.16. The molecule has 1 fully saturated rings. The van der Waals surface area contributed by atoms with Gasteiger partial charge in [-0.25, -0.2) is 0 Å². The number of nitrogens with one attached hydrogen (secondary N) is 1. The van der Waals surface area contributed by atoms with Crippen LogP contribution in [0.3, 0.4) is 0 Å². The molecule has 1 aromatic rings. The van der Waals surface area contributed by atoms with Gasteiger partial charge in [0.15, 0.2) is 0 Å². The highest BCUT2D eigenvalue weighted by molar-refractivity contribution is 5.92. The molecule has 2 rings (SSSR count). The lowest BCUT2D eigenvalue weighted by Gasteiger charge is -2.36. The van der Waals surface area contributed by atoms with E-state index in [1.165, 1.54) is 6.42 Å². The van der Waals surface area contributed by atoms with Gasteiger partial charge in [-0.3, -0.25) is 9.69 Å². The van der Waals surface area contributed by atoms with Crippen LogP contribution in [0.5, 0.6) is 0 Å². The molecule has 1 amide bonds. The van der Waals surface area contributed by atoms with Crippen LogP contribution in [0.15, 0.2) is 24.3 Å². The molecule has 1 aliphatic carbocycles. The molecule has 0 atom stereocenters. The monoisotopic (exact) mass is 277 g/mol. The number of carbonyl (C=O) groups excluding carboxylic acids is 1. The zero-order valence-corrected chi connectivity index (χ0v) is 11.7. The van der Waals surface area contributed by atoms with E-state index in [-0.39, 0.29) is 12.5 Å².